The van der Waals surface area contributed by atoms with Gasteiger partial charge in [-0.1, -0.05) is 30.3 Å². The quantitative estimate of drug-likeness (QED) is 0.343. The summed E-state index contributed by atoms with van der Waals surface area (Å²) in [5.74, 6) is -1.42. The van der Waals surface area contributed by atoms with Gasteiger partial charge in [0.1, 0.15) is 6.04 Å². The molecule has 0 aliphatic rings. The maximum atomic E-state index is 11.6. The van der Waals surface area contributed by atoms with Gasteiger partial charge >= 0.3 is 0 Å². The van der Waals surface area contributed by atoms with Crippen LogP contribution >= 0.6 is 0 Å². The number of carbonyl (C=O) groups is 2. The van der Waals surface area contributed by atoms with E-state index < -0.39 is 24.0 Å². The molecule has 102 valence electrons. The molecule has 0 aromatic heterocycles. The summed E-state index contributed by atoms with van der Waals surface area (Å²) in [5, 5.41) is 20.1. The summed E-state index contributed by atoms with van der Waals surface area (Å²) in [6.45, 7) is 1.33. The van der Waals surface area contributed by atoms with Crippen LogP contribution in [0.4, 0.5) is 0 Å². The molecule has 0 fully saturated rings. The number of aliphatic hydroxyl groups is 1. The number of hydrogen-bond acceptors (Lipinski definition) is 4. The summed E-state index contributed by atoms with van der Waals surface area (Å²) in [5.41, 5.74) is 2.22. The van der Waals surface area contributed by atoms with Crippen LogP contribution in [0.1, 0.15) is 12.5 Å². The molecule has 4 N–H and O–H groups in total. The minimum absolute atomic E-state index is 0.543. The van der Waals surface area contributed by atoms with E-state index in [0.717, 1.165) is 5.56 Å². The Bertz CT molecular complexity index is 457. The molecule has 2 atom stereocenters. The first kappa shape index (κ1) is 14.9. The Morgan fingerprint density at radius 3 is 2.42 bits per heavy atom. The van der Waals surface area contributed by atoms with Crippen molar-refractivity contribution in [3.05, 3.63) is 42.0 Å². The minimum Gasteiger partial charge on any atom is -0.391 e. The number of hydrogen-bond donors (Lipinski definition) is 4. The van der Waals surface area contributed by atoms with Crippen molar-refractivity contribution in [2.45, 2.75) is 19.1 Å². The number of nitrogens with one attached hydrogen (secondary N) is 2. The van der Waals surface area contributed by atoms with Gasteiger partial charge in [0.2, 0.25) is 5.91 Å². The molecule has 1 aromatic rings. The van der Waals surface area contributed by atoms with Crippen molar-refractivity contribution in [1.82, 2.24) is 10.8 Å². The fourth-order valence-electron chi connectivity index (χ4n) is 1.41. The van der Waals surface area contributed by atoms with Gasteiger partial charge in [-0.25, -0.2) is 5.48 Å². The van der Waals surface area contributed by atoms with Crippen LogP contribution in [0, 0.1) is 0 Å². The van der Waals surface area contributed by atoms with E-state index in [1.165, 1.54) is 18.5 Å². The van der Waals surface area contributed by atoms with Crippen LogP contribution in [-0.4, -0.2) is 34.3 Å². The summed E-state index contributed by atoms with van der Waals surface area (Å²) in [7, 11) is 0. The molecule has 19 heavy (non-hydrogen) atoms. The molecule has 0 saturated carbocycles. The van der Waals surface area contributed by atoms with Crippen molar-refractivity contribution in [3.63, 3.8) is 0 Å². The zero-order chi connectivity index (χ0) is 14.3. The molecular formula is C13H16N2O4. The van der Waals surface area contributed by atoms with Crippen molar-refractivity contribution in [2.24, 2.45) is 0 Å². The van der Waals surface area contributed by atoms with Crippen molar-refractivity contribution in [2.75, 3.05) is 0 Å². The molecule has 0 spiro atoms. The van der Waals surface area contributed by atoms with E-state index in [2.05, 4.69) is 5.32 Å². The van der Waals surface area contributed by atoms with Crippen LogP contribution in [-0.2, 0) is 9.59 Å². The normalized spacial score (nSPS) is 13.8. The number of rotatable bonds is 5. The topological polar surface area (TPSA) is 98.7 Å². The Morgan fingerprint density at radius 2 is 1.89 bits per heavy atom. The smallest absolute Gasteiger partial charge is 0.268 e. The molecule has 6 heteroatoms. The van der Waals surface area contributed by atoms with E-state index in [1.807, 2.05) is 30.3 Å². The van der Waals surface area contributed by atoms with E-state index in [0.29, 0.717) is 0 Å². The van der Waals surface area contributed by atoms with Gasteiger partial charge in [-0.05, 0) is 18.6 Å². The standard InChI is InChI=1S/C13H16N2O4/c1-9(16)12(13(18)15-19)14-11(17)8-7-10-5-3-2-4-6-10/h2-9,12,16,19H,1H3,(H,14,17)(H,15,18)/t9-,12+/m1/s1. The largest absolute Gasteiger partial charge is 0.391 e. The second kappa shape index (κ2) is 7.30. The minimum atomic E-state index is -1.21. The second-order valence-electron chi connectivity index (χ2n) is 3.95. The van der Waals surface area contributed by atoms with E-state index >= 15 is 0 Å². The summed E-state index contributed by atoms with van der Waals surface area (Å²) in [6, 6.07) is 7.93. The van der Waals surface area contributed by atoms with E-state index in [-0.39, 0.29) is 0 Å². The first-order valence-corrected chi connectivity index (χ1v) is 5.70. The Labute approximate surface area is 110 Å². The van der Waals surface area contributed by atoms with Gasteiger partial charge in [0.05, 0.1) is 6.10 Å². The third-order valence-corrected chi connectivity index (χ3v) is 2.40. The third kappa shape index (κ3) is 4.90. The van der Waals surface area contributed by atoms with E-state index in [9.17, 15) is 14.7 Å². The van der Waals surface area contributed by atoms with Crippen LogP contribution in [0.5, 0.6) is 0 Å². The van der Waals surface area contributed by atoms with Gasteiger partial charge in [-0.15, -0.1) is 0 Å². The summed E-state index contributed by atoms with van der Waals surface area (Å²) >= 11 is 0. The van der Waals surface area contributed by atoms with Crippen molar-refractivity contribution in [1.29, 1.82) is 0 Å². The highest BCUT2D eigenvalue weighted by molar-refractivity contribution is 5.95. The molecule has 0 saturated heterocycles. The maximum absolute atomic E-state index is 11.6. The van der Waals surface area contributed by atoms with Crippen molar-refractivity contribution >= 4 is 17.9 Å². The first-order valence-electron chi connectivity index (χ1n) is 5.70. The maximum Gasteiger partial charge on any atom is 0.268 e. The van der Waals surface area contributed by atoms with E-state index in [1.54, 1.807) is 6.08 Å². The Hall–Kier alpha value is -2.18. The Kier molecular flexibility index (Phi) is 5.72. The molecule has 0 bridgehead atoms. The highest BCUT2D eigenvalue weighted by Crippen LogP contribution is 2.01. The molecule has 2 amide bonds. The van der Waals surface area contributed by atoms with Crippen LogP contribution in [0.3, 0.4) is 0 Å². The SMILES string of the molecule is C[C@@H](O)[C@H](NC(=O)C=Cc1ccccc1)C(=O)NO. The highest BCUT2D eigenvalue weighted by atomic mass is 16.5. The second-order valence-corrected chi connectivity index (χ2v) is 3.95. The lowest BCUT2D eigenvalue weighted by Crippen LogP contribution is -2.51. The summed E-state index contributed by atoms with van der Waals surface area (Å²) in [6.07, 6.45) is 1.70. The lowest BCUT2D eigenvalue weighted by molar-refractivity contribution is -0.136. The fraction of sp³-hybridized carbons (Fsp3) is 0.231. The van der Waals surface area contributed by atoms with Gasteiger partial charge in [0.15, 0.2) is 0 Å². The number of amides is 2. The molecule has 1 aromatic carbocycles. The Balaban J connectivity index is 2.63. The van der Waals surface area contributed by atoms with Gasteiger partial charge < -0.3 is 10.4 Å². The lowest BCUT2D eigenvalue weighted by Gasteiger charge is -2.18. The predicted octanol–water partition coefficient (Wildman–Crippen LogP) is 0.0708. The van der Waals surface area contributed by atoms with Gasteiger partial charge in [0.25, 0.3) is 5.91 Å². The first-order chi connectivity index (χ1) is 9.04. The number of aliphatic hydroxyl groups excluding tert-OH is 1. The average Bonchev–Trinajstić information content (AvgIpc) is 2.42. The zero-order valence-electron chi connectivity index (χ0n) is 10.4. The lowest BCUT2D eigenvalue weighted by atomic mass is 10.1. The summed E-state index contributed by atoms with van der Waals surface area (Å²) in [4.78, 5) is 22.8. The molecule has 6 nitrogen and oxygen atoms in total. The third-order valence-electron chi connectivity index (χ3n) is 2.40. The van der Waals surface area contributed by atoms with Crippen LogP contribution in [0.2, 0.25) is 0 Å². The number of hydroxylamine groups is 1. The van der Waals surface area contributed by atoms with Gasteiger partial charge in [-0.3, -0.25) is 14.8 Å². The molecule has 1 rings (SSSR count). The van der Waals surface area contributed by atoms with Crippen LogP contribution in [0.25, 0.3) is 6.08 Å². The monoisotopic (exact) mass is 264 g/mol. The fourth-order valence-corrected chi connectivity index (χ4v) is 1.41. The van der Waals surface area contributed by atoms with Crippen LogP contribution < -0.4 is 10.8 Å². The van der Waals surface area contributed by atoms with Gasteiger partial charge in [-0.2, -0.15) is 0 Å². The number of carbonyl (C=O) groups excluding carboxylic acids is 2. The highest BCUT2D eigenvalue weighted by Gasteiger charge is 2.24. The van der Waals surface area contributed by atoms with Gasteiger partial charge in [0, 0.05) is 6.08 Å². The average molecular weight is 264 g/mol. The predicted molar refractivity (Wildman–Crippen MR) is 69.0 cm³/mol. The molecule has 0 aliphatic heterocycles. The molecular weight excluding hydrogens is 248 g/mol. The van der Waals surface area contributed by atoms with Crippen LogP contribution in [0.15, 0.2) is 36.4 Å². The molecule has 0 unspecified atom stereocenters. The van der Waals surface area contributed by atoms with Crippen molar-refractivity contribution < 1.29 is 19.9 Å². The zero-order valence-corrected chi connectivity index (χ0v) is 10.4. The molecule has 0 radical (unpaired) electrons. The van der Waals surface area contributed by atoms with Crippen molar-refractivity contribution in [3.8, 4) is 0 Å². The summed E-state index contributed by atoms with van der Waals surface area (Å²) < 4.78 is 0. The molecule has 0 heterocycles. The Morgan fingerprint density at radius 1 is 1.26 bits per heavy atom. The molecule has 0 aliphatic carbocycles. The number of benzene rings is 1. The van der Waals surface area contributed by atoms with E-state index in [4.69, 9.17) is 5.21 Å².